The molecule has 0 bridgehead atoms. The van der Waals surface area contributed by atoms with E-state index in [0.29, 0.717) is 13.2 Å². The molecule has 4 fully saturated rings. The lowest BCUT2D eigenvalue weighted by Crippen LogP contribution is -2.46. The Morgan fingerprint density at radius 1 is 0.476 bits per heavy atom. The molecule has 4 heterocycles. The van der Waals surface area contributed by atoms with Crippen molar-refractivity contribution in [1.82, 2.24) is 19.9 Å². The second-order valence-electron chi connectivity index (χ2n) is 19.0. The molecule has 2 aliphatic heterocycles. The van der Waals surface area contributed by atoms with Crippen LogP contribution < -0.4 is 0 Å². The predicted molar refractivity (Wildman–Crippen MR) is 247 cm³/mol. The molecule has 4 atom stereocenters. The molecule has 0 radical (unpaired) electrons. The van der Waals surface area contributed by atoms with Crippen LogP contribution in [0.1, 0.15) is 201 Å². The highest BCUT2D eigenvalue weighted by Crippen LogP contribution is 2.58. The third kappa shape index (κ3) is 10.9. The van der Waals surface area contributed by atoms with E-state index in [4.69, 9.17) is 43.6 Å². The van der Waals surface area contributed by atoms with Crippen LogP contribution in [0.5, 0.6) is 0 Å². The van der Waals surface area contributed by atoms with Gasteiger partial charge < -0.3 is 23.7 Å². The maximum Gasteiger partial charge on any atom is 0.169 e. The fourth-order valence-electron chi connectivity index (χ4n) is 10.6. The summed E-state index contributed by atoms with van der Waals surface area (Å²) in [7, 11) is 0. The van der Waals surface area contributed by atoms with Crippen molar-refractivity contribution in [1.29, 1.82) is 0 Å². The van der Waals surface area contributed by atoms with Crippen LogP contribution >= 0.6 is 0 Å². The number of hydrogen-bond donors (Lipinski definition) is 0. The number of nitrogens with zero attached hydrogens (tertiary/aromatic N) is 4. The van der Waals surface area contributed by atoms with Crippen molar-refractivity contribution in [2.75, 3.05) is 13.2 Å². The van der Waals surface area contributed by atoms with Crippen LogP contribution in [0.3, 0.4) is 0 Å². The lowest BCUT2D eigenvalue weighted by molar-refractivity contribution is -0.264. The van der Waals surface area contributed by atoms with E-state index in [9.17, 15) is 0 Å². The van der Waals surface area contributed by atoms with Gasteiger partial charge in [0, 0.05) is 74.4 Å². The SMILES string of the molecule is CCCCCCCCc1ncc([C@@]2(C(OC(c3ccccc3)[C@]3(c4cnc(CCCCCCCC)nc4)COC4(CCCCC4)O3)c3ccccc3)COC3(CCCCC3)O2)cn1. The van der Waals surface area contributed by atoms with Crippen LogP contribution in [0.25, 0.3) is 0 Å². The zero-order valence-corrected chi connectivity index (χ0v) is 38.5. The largest absolute Gasteiger partial charge is 0.359 e. The number of hydrogen-bond acceptors (Lipinski definition) is 9. The molecule has 2 spiro atoms. The molecule has 340 valence electrons. The van der Waals surface area contributed by atoms with Crippen molar-refractivity contribution >= 4 is 0 Å². The lowest BCUT2D eigenvalue weighted by atomic mass is 9.82. The Hall–Kier alpha value is -3.60. The van der Waals surface area contributed by atoms with E-state index in [1.54, 1.807) is 0 Å². The average molecular weight is 859 g/mol. The van der Waals surface area contributed by atoms with E-state index in [1.807, 2.05) is 24.8 Å². The van der Waals surface area contributed by atoms with Gasteiger partial charge in [0.2, 0.25) is 0 Å². The fraction of sp³-hybridized carbons (Fsp3) is 0.630. The van der Waals surface area contributed by atoms with Gasteiger partial charge in [0.15, 0.2) is 22.8 Å². The molecule has 2 saturated carbocycles. The Kier molecular flexibility index (Phi) is 16.1. The van der Waals surface area contributed by atoms with E-state index in [0.717, 1.165) is 111 Å². The topological polar surface area (TPSA) is 97.7 Å². The molecular weight excluding hydrogens is 785 g/mol. The van der Waals surface area contributed by atoms with E-state index >= 15 is 0 Å². The van der Waals surface area contributed by atoms with Gasteiger partial charge in [-0.1, -0.05) is 152 Å². The minimum atomic E-state index is -1.06. The van der Waals surface area contributed by atoms with Gasteiger partial charge in [-0.05, 0) is 49.7 Å². The highest BCUT2D eigenvalue weighted by atomic mass is 16.8. The van der Waals surface area contributed by atoms with Gasteiger partial charge in [0.1, 0.15) is 23.9 Å². The third-order valence-corrected chi connectivity index (χ3v) is 14.3. The third-order valence-electron chi connectivity index (χ3n) is 14.3. The van der Waals surface area contributed by atoms with Crippen molar-refractivity contribution in [3.8, 4) is 0 Å². The van der Waals surface area contributed by atoms with Gasteiger partial charge in [-0.3, -0.25) is 0 Å². The summed E-state index contributed by atoms with van der Waals surface area (Å²) in [6.07, 6.45) is 33.0. The number of ether oxygens (including phenoxy) is 5. The molecule has 0 N–H and O–H groups in total. The minimum absolute atomic E-state index is 0.304. The molecular formula is C54H74N4O5. The van der Waals surface area contributed by atoms with Crippen molar-refractivity contribution in [2.24, 2.45) is 0 Å². The van der Waals surface area contributed by atoms with Crippen LogP contribution in [0.2, 0.25) is 0 Å². The van der Waals surface area contributed by atoms with Crippen LogP contribution in [-0.2, 0) is 47.7 Å². The normalized spacial score (nSPS) is 23.9. The van der Waals surface area contributed by atoms with Crippen molar-refractivity contribution in [3.05, 3.63) is 119 Å². The summed E-state index contributed by atoms with van der Waals surface area (Å²) in [4.78, 5) is 20.1. The molecule has 0 amide bonds. The predicted octanol–water partition coefficient (Wildman–Crippen LogP) is 13.1. The first-order valence-electron chi connectivity index (χ1n) is 25.1. The van der Waals surface area contributed by atoms with E-state index in [2.05, 4.69) is 74.5 Å². The zero-order valence-electron chi connectivity index (χ0n) is 38.5. The van der Waals surface area contributed by atoms with E-state index < -0.39 is 35.0 Å². The van der Waals surface area contributed by atoms with Crippen LogP contribution in [0, 0.1) is 0 Å². The first-order valence-corrected chi connectivity index (χ1v) is 25.1. The second-order valence-corrected chi connectivity index (χ2v) is 19.0. The molecule has 2 saturated heterocycles. The Labute approximate surface area is 377 Å². The summed E-state index contributed by atoms with van der Waals surface area (Å²) in [5.41, 5.74) is 1.56. The second kappa shape index (κ2) is 22.1. The van der Waals surface area contributed by atoms with Gasteiger partial charge in [-0.2, -0.15) is 0 Å². The van der Waals surface area contributed by atoms with Crippen LogP contribution in [0.15, 0.2) is 85.5 Å². The standard InChI is InChI=1S/C54H74N4O5/c1-3-5-7-9-11-21-31-47-55-37-45(38-56-47)53(41-59-51(62-53)33-23-15-24-34-51)49(43-27-17-13-18-28-43)61-50(44-29-19-14-20-30-44)54(42-60-52(63-54)35-25-16-26-36-52)46-39-57-48(58-40-46)32-22-12-10-8-6-4-2/h13-14,17-20,27-30,37-40,49-50H,3-12,15-16,21-26,31-36,41-42H2,1-2H3/t49?,50?,53-,54-/m1/s1. The minimum Gasteiger partial charge on any atom is -0.359 e. The molecule has 4 aromatic rings. The lowest BCUT2D eigenvalue weighted by Gasteiger charge is -2.44. The smallest absolute Gasteiger partial charge is 0.169 e. The Bertz CT molecular complexity index is 1800. The van der Waals surface area contributed by atoms with Crippen molar-refractivity contribution < 1.29 is 23.7 Å². The van der Waals surface area contributed by atoms with Gasteiger partial charge in [-0.15, -0.1) is 0 Å². The summed E-state index contributed by atoms with van der Waals surface area (Å²) >= 11 is 0. The molecule has 4 aliphatic rings. The van der Waals surface area contributed by atoms with Crippen molar-refractivity contribution in [2.45, 2.75) is 203 Å². The quantitative estimate of drug-likeness (QED) is 0.0716. The fourth-order valence-corrected chi connectivity index (χ4v) is 10.6. The summed E-state index contributed by atoms with van der Waals surface area (Å²) in [5, 5.41) is 0. The number of rotatable bonds is 22. The molecule has 63 heavy (non-hydrogen) atoms. The highest BCUT2D eigenvalue weighted by molar-refractivity contribution is 5.33. The number of unbranched alkanes of at least 4 members (excludes halogenated alkanes) is 10. The zero-order chi connectivity index (χ0) is 43.3. The molecule has 9 nitrogen and oxygen atoms in total. The summed E-state index contributed by atoms with van der Waals surface area (Å²) < 4.78 is 37.0. The van der Waals surface area contributed by atoms with E-state index in [1.165, 1.54) is 77.0 Å². The maximum atomic E-state index is 7.94. The maximum absolute atomic E-state index is 7.94. The van der Waals surface area contributed by atoms with E-state index in [-0.39, 0.29) is 0 Å². The van der Waals surface area contributed by atoms with Gasteiger partial charge in [0.25, 0.3) is 0 Å². The number of aromatic nitrogens is 4. The molecule has 2 aromatic carbocycles. The first-order chi connectivity index (χ1) is 31.0. The van der Waals surface area contributed by atoms with Crippen LogP contribution in [0.4, 0.5) is 0 Å². The van der Waals surface area contributed by atoms with Gasteiger partial charge in [-0.25, -0.2) is 19.9 Å². The molecule has 2 aromatic heterocycles. The number of aryl methyl sites for hydroxylation is 2. The Morgan fingerprint density at radius 2 is 0.841 bits per heavy atom. The molecule has 2 unspecified atom stereocenters. The first kappa shape index (κ1) is 45.9. The molecule has 9 heteroatoms. The summed E-state index contributed by atoms with van der Waals surface area (Å²) in [6.45, 7) is 5.13. The summed E-state index contributed by atoms with van der Waals surface area (Å²) in [6, 6.07) is 21.1. The van der Waals surface area contributed by atoms with Gasteiger partial charge in [0.05, 0.1) is 13.2 Å². The van der Waals surface area contributed by atoms with Crippen molar-refractivity contribution in [3.63, 3.8) is 0 Å². The average Bonchev–Trinajstić information content (AvgIpc) is 3.89. The Balaban J connectivity index is 1.19. The number of benzene rings is 2. The van der Waals surface area contributed by atoms with Gasteiger partial charge >= 0.3 is 0 Å². The molecule has 8 rings (SSSR count). The Morgan fingerprint density at radius 3 is 1.22 bits per heavy atom. The van der Waals surface area contributed by atoms with Crippen LogP contribution in [-0.4, -0.2) is 44.7 Å². The monoisotopic (exact) mass is 859 g/mol. The summed E-state index contributed by atoms with van der Waals surface area (Å²) in [5.74, 6) is 0.293. The highest BCUT2D eigenvalue weighted by Gasteiger charge is 2.61. The molecule has 2 aliphatic carbocycles.